The van der Waals surface area contributed by atoms with E-state index in [0.717, 1.165) is 63.1 Å². The molecule has 396 valence electrons. The lowest BCUT2D eigenvalue weighted by atomic mass is 9.71. The smallest absolute Gasteiger partial charge is 0.437 e. The number of nitrogens with one attached hydrogen (secondary N) is 1. The summed E-state index contributed by atoms with van der Waals surface area (Å²) >= 11 is 0. The van der Waals surface area contributed by atoms with Crippen LogP contribution < -0.4 is 5.32 Å². The van der Waals surface area contributed by atoms with Crippen molar-refractivity contribution in [3.05, 3.63) is 76.9 Å². The Labute approximate surface area is 426 Å². The highest BCUT2D eigenvalue weighted by atomic mass is 16.7. The van der Waals surface area contributed by atoms with E-state index in [9.17, 15) is 19.8 Å². The molecule has 6 aliphatic heterocycles. The summed E-state index contributed by atoms with van der Waals surface area (Å²) in [6.45, 7) is 14.9. The van der Waals surface area contributed by atoms with Gasteiger partial charge in [0.25, 0.3) is 0 Å². The quantitative estimate of drug-likeness (QED) is 0.100. The van der Waals surface area contributed by atoms with Gasteiger partial charge >= 0.3 is 12.1 Å². The molecule has 16 nitrogen and oxygen atoms in total. The first-order valence-electron chi connectivity index (χ1n) is 26.8. The van der Waals surface area contributed by atoms with E-state index in [4.69, 9.17) is 38.0 Å². The number of methoxy groups -OCH3 is 1. The number of benzene rings is 1. The van der Waals surface area contributed by atoms with Gasteiger partial charge in [-0.3, -0.25) is 19.8 Å². The van der Waals surface area contributed by atoms with Gasteiger partial charge < -0.3 is 48.3 Å². The highest BCUT2D eigenvalue weighted by Crippen LogP contribution is 2.48. The number of likely N-dealkylation sites (N-methyl/N-ethyl adjacent to an activating group) is 1. The van der Waals surface area contributed by atoms with Crippen molar-refractivity contribution in [2.45, 2.75) is 178 Å². The molecule has 0 aromatic heterocycles. The van der Waals surface area contributed by atoms with Crippen molar-refractivity contribution in [2.75, 3.05) is 52.3 Å². The molecule has 14 atom stereocenters. The molecule has 1 aromatic rings. The number of ether oxygens (including phenoxy) is 7. The van der Waals surface area contributed by atoms with Crippen LogP contribution >= 0.6 is 0 Å². The number of carbonyl (C=O) groups excluding carboxylic acids is 2. The maximum Gasteiger partial charge on any atom is 0.437 e. The number of piperazine rings is 1. The standard InChI is InChI=1S/C56H80N4O12/c1-34-12-11-15-41-33-66-52-48(58-72-54(63)57-42-19-17-39(18-20-42)32-60-26-24-59(6)25-27-60)37(4)28-45(56(41,52)64)53(62)68-44-29-43(21-16-35(2)50(34)69-47-30-46(65-7)49(61)38(5)67-47)70-55(31-44)23-22-36(3)51(71-55)40-13-9-8-10-14-40/h11-12,15-20,28,34,36,38,40,43-47,49-52,61,64H,8-10,13-14,21-27,29-33H2,1-7H3,(H,57,63)/b12-11+,35-16+,41-15+,58-48+. The summed E-state index contributed by atoms with van der Waals surface area (Å²) in [4.78, 5) is 38.4. The van der Waals surface area contributed by atoms with Gasteiger partial charge in [0.05, 0.1) is 37.1 Å². The number of amides is 1. The van der Waals surface area contributed by atoms with Gasteiger partial charge in [-0.25, -0.2) is 4.79 Å². The number of allylic oxidation sites excluding steroid dienone is 2. The van der Waals surface area contributed by atoms with Crippen molar-refractivity contribution in [3.8, 4) is 0 Å². The molecule has 1 spiro atoms. The number of anilines is 1. The van der Waals surface area contributed by atoms with Crippen LogP contribution in [0.3, 0.4) is 0 Å². The molecule has 3 N–H and O–H groups in total. The van der Waals surface area contributed by atoms with Crippen molar-refractivity contribution in [3.63, 3.8) is 0 Å². The van der Waals surface area contributed by atoms with Crippen molar-refractivity contribution in [1.82, 2.24) is 9.80 Å². The number of aliphatic hydroxyl groups is 2. The average Bonchev–Trinajstić information content (AvgIpc) is 3.70. The predicted octanol–water partition coefficient (Wildman–Crippen LogP) is 7.59. The van der Waals surface area contributed by atoms with Crippen LogP contribution in [0.5, 0.6) is 0 Å². The molecule has 72 heavy (non-hydrogen) atoms. The van der Waals surface area contributed by atoms with E-state index < -0.39 is 72.3 Å². The maximum atomic E-state index is 14.9. The molecule has 14 unspecified atom stereocenters. The Morgan fingerprint density at radius 2 is 1.75 bits per heavy atom. The number of rotatable bonds is 8. The molecule has 1 amide bonds. The van der Waals surface area contributed by atoms with Gasteiger partial charge in [0, 0.05) is 77.1 Å². The van der Waals surface area contributed by atoms with Gasteiger partial charge in [0.2, 0.25) is 0 Å². The summed E-state index contributed by atoms with van der Waals surface area (Å²) in [5, 5.41) is 30.9. The van der Waals surface area contributed by atoms with Crippen LogP contribution in [0.4, 0.5) is 10.5 Å². The van der Waals surface area contributed by atoms with Crippen LogP contribution in [-0.4, -0.2) is 151 Å². The lowest BCUT2D eigenvalue weighted by molar-refractivity contribution is -0.342. The molecule has 1 aromatic carbocycles. The Hall–Kier alpha value is -3.81. The largest absolute Gasteiger partial charge is 0.462 e. The predicted molar refractivity (Wildman–Crippen MR) is 271 cm³/mol. The molecule has 6 fully saturated rings. The molecule has 2 bridgehead atoms. The van der Waals surface area contributed by atoms with E-state index in [0.29, 0.717) is 60.8 Å². The van der Waals surface area contributed by atoms with Gasteiger partial charge in [-0.2, -0.15) is 0 Å². The molecule has 9 rings (SSSR count). The van der Waals surface area contributed by atoms with E-state index in [2.05, 4.69) is 47.2 Å². The van der Waals surface area contributed by atoms with E-state index in [1.165, 1.54) is 19.3 Å². The summed E-state index contributed by atoms with van der Waals surface area (Å²) in [5.74, 6) is -2.11. The Morgan fingerprint density at radius 3 is 2.50 bits per heavy atom. The number of oxime groups is 1. The Kier molecular flexibility index (Phi) is 16.9. The highest BCUT2D eigenvalue weighted by molar-refractivity contribution is 6.07. The van der Waals surface area contributed by atoms with Gasteiger partial charge in [0.15, 0.2) is 12.1 Å². The van der Waals surface area contributed by atoms with Crippen LogP contribution in [-0.2, 0) is 49.3 Å². The summed E-state index contributed by atoms with van der Waals surface area (Å²) in [6.07, 6.45) is 12.9. The van der Waals surface area contributed by atoms with Gasteiger partial charge in [-0.1, -0.05) is 80.8 Å². The van der Waals surface area contributed by atoms with Crippen molar-refractivity contribution >= 4 is 23.5 Å². The molecule has 8 aliphatic rings. The maximum absolute atomic E-state index is 14.9. The monoisotopic (exact) mass is 1000 g/mol. The first-order chi connectivity index (χ1) is 34.6. The van der Waals surface area contributed by atoms with Gasteiger partial charge in [-0.15, -0.1) is 0 Å². The fourth-order valence-electron chi connectivity index (χ4n) is 12.6. The third kappa shape index (κ3) is 11.8. The second-order valence-corrected chi connectivity index (χ2v) is 22.2. The second-order valence-electron chi connectivity index (χ2n) is 22.2. The van der Waals surface area contributed by atoms with Crippen LogP contribution in [0, 0.1) is 23.7 Å². The summed E-state index contributed by atoms with van der Waals surface area (Å²) in [6, 6.07) is 7.66. The van der Waals surface area contributed by atoms with Gasteiger partial charge in [-0.05, 0) is 99.8 Å². The summed E-state index contributed by atoms with van der Waals surface area (Å²) in [7, 11) is 3.72. The Morgan fingerprint density at radius 1 is 0.986 bits per heavy atom. The van der Waals surface area contributed by atoms with Crippen molar-refractivity contribution < 1.29 is 57.8 Å². The van der Waals surface area contributed by atoms with Crippen LogP contribution in [0.1, 0.15) is 111 Å². The van der Waals surface area contributed by atoms with Crippen molar-refractivity contribution in [1.29, 1.82) is 0 Å². The number of aliphatic hydroxyl groups excluding tert-OH is 1. The first-order valence-corrected chi connectivity index (χ1v) is 26.8. The average molecular weight is 1000 g/mol. The fourth-order valence-corrected chi connectivity index (χ4v) is 12.6. The number of hydrogen-bond acceptors (Lipinski definition) is 15. The normalized spacial score (nSPS) is 41.0. The highest BCUT2D eigenvalue weighted by Gasteiger charge is 2.60. The lowest BCUT2D eigenvalue weighted by Crippen LogP contribution is -2.58. The van der Waals surface area contributed by atoms with E-state index in [1.54, 1.807) is 26.2 Å². The van der Waals surface area contributed by atoms with E-state index in [1.807, 2.05) is 50.3 Å². The molecule has 16 heteroatoms. The van der Waals surface area contributed by atoms with Crippen LogP contribution in [0.25, 0.3) is 0 Å². The molecular weight excluding hydrogens is 921 g/mol. The molecule has 6 heterocycles. The zero-order valence-corrected chi connectivity index (χ0v) is 43.5. The second kappa shape index (κ2) is 23.0. The minimum absolute atomic E-state index is 0.0269. The molecular formula is C56H80N4O12. The summed E-state index contributed by atoms with van der Waals surface area (Å²) in [5.41, 5.74) is 1.86. The zero-order valence-electron chi connectivity index (χ0n) is 43.5. The number of carbonyl (C=O) groups is 2. The Balaban J connectivity index is 0.998. The lowest BCUT2D eigenvalue weighted by Gasteiger charge is -2.51. The number of nitrogens with zero attached hydrogens (tertiary/aromatic N) is 3. The fraction of sp³-hybridized carbons (Fsp3) is 0.696. The zero-order chi connectivity index (χ0) is 50.7. The van der Waals surface area contributed by atoms with E-state index >= 15 is 0 Å². The third-order valence-corrected chi connectivity index (χ3v) is 16.9. The number of fused-ring (bicyclic) bond motifs is 2. The minimum atomic E-state index is -1.95. The molecule has 5 saturated heterocycles. The number of hydrogen-bond donors (Lipinski definition) is 3. The van der Waals surface area contributed by atoms with Gasteiger partial charge in [0.1, 0.15) is 35.5 Å². The van der Waals surface area contributed by atoms with Crippen molar-refractivity contribution in [2.24, 2.45) is 28.8 Å². The molecule has 2 aliphatic carbocycles. The SMILES string of the molecule is COC1CC(OC2/C(C)=C/CC3CC(CC4(CCC(C)C(C5CCCCC5)O4)O3)OC(=O)C3C=C(C)/C(=N\OC(=O)Nc4ccc(CN5CCN(C)CC5)cc4)C4OC/C(=C\C=C\C2C)C34O)OC(C)C1O. The van der Waals surface area contributed by atoms with Crippen LogP contribution in [0.15, 0.2) is 76.5 Å². The minimum Gasteiger partial charge on any atom is -0.462 e. The van der Waals surface area contributed by atoms with E-state index in [-0.39, 0.29) is 30.4 Å². The molecule has 0 radical (unpaired) electrons. The topological polar surface area (TPSA) is 179 Å². The number of esters is 1. The third-order valence-electron chi connectivity index (χ3n) is 16.9. The Bertz CT molecular complexity index is 2220. The van der Waals surface area contributed by atoms with Crippen LogP contribution in [0.2, 0.25) is 0 Å². The molecule has 1 saturated carbocycles. The summed E-state index contributed by atoms with van der Waals surface area (Å²) < 4.78 is 45.9. The first kappa shape index (κ1) is 53.0.